The number of aryl methyl sites for hydroxylation is 1. The Balaban J connectivity index is 1.89. The predicted octanol–water partition coefficient (Wildman–Crippen LogP) is 7.17. The topological polar surface area (TPSA) is 64.0 Å². The molecule has 3 atom stereocenters. The average molecular weight is 542 g/mol. The first-order valence-corrected chi connectivity index (χ1v) is 14.1. The lowest BCUT2D eigenvalue weighted by Gasteiger charge is -2.44. The van der Waals surface area contributed by atoms with Crippen LogP contribution in [-0.4, -0.2) is 47.7 Å². The lowest BCUT2D eigenvalue weighted by atomic mass is 9.92. The van der Waals surface area contributed by atoms with Crippen LogP contribution < -0.4 is 0 Å². The third-order valence-electron chi connectivity index (χ3n) is 6.46. The maximum Gasteiger partial charge on any atom is 0.305 e. The zero-order chi connectivity index (χ0) is 27.8. The molecular weight excluding hydrogens is 501 g/mol. The number of hydrogen-bond donors (Lipinski definition) is 0. The van der Waals surface area contributed by atoms with Crippen molar-refractivity contribution >= 4 is 28.7 Å². The summed E-state index contributed by atoms with van der Waals surface area (Å²) in [6.07, 6.45) is 11.0. The number of allylic oxidation sites excluding steroid dienone is 5. The molecule has 6 nitrogen and oxygen atoms in total. The molecule has 3 rings (SSSR count). The Kier molecular flexibility index (Phi) is 10.8. The molecule has 0 radical (unpaired) electrons. The van der Waals surface area contributed by atoms with Gasteiger partial charge < -0.3 is 14.4 Å². The highest BCUT2D eigenvalue weighted by Gasteiger charge is 2.37. The summed E-state index contributed by atoms with van der Waals surface area (Å²) >= 11 is 1.59. The number of amidine groups is 1. The predicted molar refractivity (Wildman–Crippen MR) is 153 cm³/mol. The van der Waals surface area contributed by atoms with E-state index in [1.54, 1.807) is 24.5 Å². The minimum absolute atomic E-state index is 0.0865. The second kappa shape index (κ2) is 13.8. The second-order valence-electron chi connectivity index (χ2n) is 10.2. The van der Waals surface area contributed by atoms with Crippen LogP contribution in [0.25, 0.3) is 5.57 Å². The number of aromatic nitrogens is 1. The first-order valence-electron chi connectivity index (χ1n) is 13.2. The van der Waals surface area contributed by atoms with Crippen LogP contribution in [0.2, 0.25) is 0 Å². The maximum atomic E-state index is 14.0. The van der Waals surface area contributed by atoms with Gasteiger partial charge in [-0.3, -0.25) is 4.79 Å². The Morgan fingerprint density at radius 2 is 2.11 bits per heavy atom. The molecular formula is C30H40FN3O3S. The molecule has 0 saturated carbocycles. The van der Waals surface area contributed by atoms with Crippen LogP contribution >= 0.6 is 11.3 Å². The number of halogens is 1. The number of ether oxygens (including phenoxy) is 2. The van der Waals surface area contributed by atoms with E-state index in [1.807, 2.05) is 58.2 Å². The molecule has 0 fully saturated rings. The summed E-state index contributed by atoms with van der Waals surface area (Å²) in [6, 6.07) is -0.143. The highest BCUT2D eigenvalue weighted by atomic mass is 32.1. The largest absolute Gasteiger partial charge is 0.465 e. The summed E-state index contributed by atoms with van der Waals surface area (Å²) in [5.74, 6) is 0.638. The molecule has 38 heavy (non-hydrogen) atoms. The van der Waals surface area contributed by atoms with Crippen LogP contribution in [0.1, 0.15) is 64.1 Å². The molecule has 0 saturated heterocycles. The van der Waals surface area contributed by atoms with E-state index in [2.05, 4.69) is 16.5 Å². The van der Waals surface area contributed by atoms with Gasteiger partial charge in [0.05, 0.1) is 18.3 Å². The summed E-state index contributed by atoms with van der Waals surface area (Å²) in [7, 11) is 1.66. The van der Waals surface area contributed by atoms with E-state index < -0.39 is 6.23 Å². The summed E-state index contributed by atoms with van der Waals surface area (Å²) in [5, 5.41) is 2.94. The zero-order valence-corrected chi connectivity index (χ0v) is 24.2. The second-order valence-corrected chi connectivity index (χ2v) is 11.0. The molecule has 0 amide bonds. The number of methoxy groups -OCH3 is 1. The number of unbranched alkanes of at least 4 members (excludes halogenated alkanes) is 1. The van der Waals surface area contributed by atoms with Crippen LogP contribution in [0, 0.1) is 18.8 Å². The Hall–Kier alpha value is -2.84. The van der Waals surface area contributed by atoms with Gasteiger partial charge in [-0.15, -0.1) is 11.3 Å². The van der Waals surface area contributed by atoms with Crippen molar-refractivity contribution in [1.82, 2.24) is 9.88 Å². The van der Waals surface area contributed by atoms with Crippen molar-refractivity contribution < 1.29 is 18.7 Å². The molecule has 0 aromatic carbocycles. The van der Waals surface area contributed by atoms with Crippen molar-refractivity contribution in [1.29, 1.82) is 0 Å². The number of thiazole rings is 1. The van der Waals surface area contributed by atoms with Gasteiger partial charge in [0.25, 0.3) is 0 Å². The molecule has 0 spiro atoms. The van der Waals surface area contributed by atoms with E-state index in [0.717, 1.165) is 39.8 Å². The molecule has 2 aliphatic rings. The molecule has 1 aliphatic carbocycles. The average Bonchev–Trinajstić information content (AvgIpc) is 3.31. The molecule has 0 bridgehead atoms. The van der Waals surface area contributed by atoms with E-state index in [9.17, 15) is 9.18 Å². The fourth-order valence-corrected chi connectivity index (χ4v) is 5.34. The Morgan fingerprint density at radius 3 is 2.71 bits per heavy atom. The minimum atomic E-state index is -0.465. The Morgan fingerprint density at radius 1 is 1.34 bits per heavy atom. The van der Waals surface area contributed by atoms with Gasteiger partial charge in [-0.05, 0) is 50.8 Å². The third kappa shape index (κ3) is 7.60. The van der Waals surface area contributed by atoms with Crippen LogP contribution in [-0.2, 0) is 14.3 Å². The number of carbonyl (C=O) groups excluding carboxylic acids is 1. The highest BCUT2D eigenvalue weighted by Crippen LogP contribution is 2.35. The third-order valence-corrected chi connectivity index (χ3v) is 7.47. The summed E-state index contributed by atoms with van der Waals surface area (Å²) in [4.78, 5) is 23.9. The van der Waals surface area contributed by atoms with E-state index >= 15 is 0 Å². The standard InChI is InChI=1S/C30H40FN3O3S/c1-8-23(29-32-21(5)18-38-29)16-25-22(6)30(36-7)34(26-14-13-24(31)15-20(26)4)27(33-25)11-9-10-12-28(35)37-17-19(2)3/h8,13-16,18-20,26,30H,6,9-12,17H2,1-5,7H3. The van der Waals surface area contributed by atoms with Crippen molar-refractivity contribution in [2.75, 3.05) is 13.7 Å². The van der Waals surface area contributed by atoms with Gasteiger partial charge in [-0.25, -0.2) is 14.4 Å². The first kappa shape index (κ1) is 29.7. The zero-order valence-electron chi connectivity index (χ0n) is 23.4. The lowest BCUT2D eigenvalue weighted by molar-refractivity contribution is -0.144. The monoisotopic (exact) mass is 541 g/mol. The highest BCUT2D eigenvalue weighted by molar-refractivity contribution is 7.10. The number of carbonyl (C=O) groups is 1. The Bertz CT molecular complexity index is 1160. The fourth-order valence-electron chi connectivity index (χ4n) is 4.50. The summed E-state index contributed by atoms with van der Waals surface area (Å²) in [5.41, 5.74) is 3.40. The molecule has 3 unspecified atom stereocenters. The van der Waals surface area contributed by atoms with Crippen LogP contribution in [0.5, 0.6) is 0 Å². The van der Waals surface area contributed by atoms with Gasteiger partial charge in [0, 0.05) is 48.1 Å². The lowest BCUT2D eigenvalue weighted by Crippen LogP contribution is -2.52. The molecule has 2 heterocycles. The van der Waals surface area contributed by atoms with E-state index in [4.69, 9.17) is 14.5 Å². The van der Waals surface area contributed by atoms with Gasteiger partial charge >= 0.3 is 5.97 Å². The number of hydrogen-bond acceptors (Lipinski definition) is 7. The number of rotatable bonds is 11. The number of aliphatic imine (C=N–C) groups is 1. The van der Waals surface area contributed by atoms with Crippen molar-refractivity contribution in [3.8, 4) is 0 Å². The van der Waals surface area contributed by atoms with Crippen molar-refractivity contribution in [2.45, 2.75) is 72.6 Å². The van der Waals surface area contributed by atoms with Gasteiger partial charge in [0.15, 0.2) is 6.23 Å². The molecule has 0 N–H and O–H groups in total. The van der Waals surface area contributed by atoms with Gasteiger partial charge in [0.1, 0.15) is 16.7 Å². The molecule has 1 aromatic heterocycles. The Labute approximate surface area is 230 Å². The smallest absolute Gasteiger partial charge is 0.305 e. The summed E-state index contributed by atoms with van der Waals surface area (Å²) in [6.45, 7) is 14.8. The molecule has 8 heteroatoms. The SMILES string of the molecule is C=C1C(=CC(=CC)c2nc(C)cs2)N=C(CCCCC(=O)OCC(C)C)N(C2C=CC(F)=CC2C)C1OC. The van der Waals surface area contributed by atoms with Gasteiger partial charge in [0.2, 0.25) is 0 Å². The van der Waals surface area contributed by atoms with Crippen molar-refractivity contribution in [3.05, 3.63) is 70.1 Å². The number of nitrogens with zero attached hydrogens (tertiary/aromatic N) is 3. The van der Waals surface area contributed by atoms with Crippen molar-refractivity contribution in [2.24, 2.45) is 16.8 Å². The van der Waals surface area contributed by atoms with E-state index in [0.29, 0.717) is 31.8 Å². The normalized spacial score (nSPS) is 23.2. The molecule has 206 valence electrons. The first-order chi connectivity index (χ1) is 18.1. The fraction of sp³-hybridized carbons (Fsp3) is 0.500. The summed E-state index contributed by atoms with van der Waals surface area (Å²) < 4.78 is 25.3. The number of esters is 1. The minimum Gasteiger partial charge on any atom is -0.465 e. The van der Waals surface area contributed by atoms with E-state index in [-0.39, 0.29) is 23.8 Å². The van der Waals surface area contributed by atoms with E-state index in [1.165, 1.54) is 6.08 Å². The van der Waals surface area contributed by atoms with Gasteiger partial charge in [-0.1, -0.05) is 39.5 Å². The molecule has 1 aliphatic heterocycles. The van der Waals surface area contributed by atoms with Crippen molar-refractivity contribution in [3.63, 3.8) is 0 Å². The quantitative estimate of drug-likeness (QED) is 0.220. The van der Waals surface area contributed by atoms with Crippen LogP contribution in [0.3, 0.4) is 0 Å². The maximum absolute atomic E-state index is 14.0. The van der Waals surface area contributed by atoms with Gasteiger partial charge in [-0.2, -0.15) is 0 Å². The van der Waals surface area contributed by atoms with Crippen LogP contribution in [0.4, 0.5) is 4.39 Å². The molecule has 1 aromatic rings. The van der Waals surface area contributed by atoms with Crippen LogP contribution in [0.15, 0.2) is 64.4 Å².